The number of hydrogen-bond acceptors (Lipinski definition) is 3. The first kappa shape index (κ1) is 11.6. The van der Waals surface area contributed by atoms with E-state index in [1.165, 1.54) is 0 Å². The molecule has 2 bridgehead atoms. The van der Waals surface area contributed by atoms with E-state index in [4.69, 9.17) is 4.74 Å². The van der Waals surface area contributed by atoms with Crippen molar-refractivity contribution in [2.75, 3.05) is 6.61 Å². The summed E-state index contributed by atoms with van der Waals surface area (Å²) >= 11 is 0. The van der Waals surface area contributed by atoms with E-state index in [1.54, 1.807) is 0 Å². The molecule has 2 rings (SSSR count). The molecule has 0 aromatic rings. The molecule has 0 radical (unpaired) electrons. The summed E-state index contributed by atoms with van der Waals surface area (Å²) in [6.45, 7) is 3.59. The van der Waals surface area contributed by atoms with Gasteiger partial charge in [-0.3, -0.25) is 4.79 Å². The van der Waals surface area contributed by atoms with Crippen molar-refractivity contribution in [3.8, 4) is 0 Å². The molecule has 1 fully saturated rings. The Morgan fingerprint density at radius 2 is 2.19 bits per heavy atom. The first-order chi connectivity index (χ1) is 7.61. The molecule has 16 heavy (non-hydrogen) atoms. The van der Waals surface area contributed by atoms with E-state index >= 15 is 0 Å². The molecule has 0 spiro atoms. The molecule has 2 aliphatic rings. The number of carbonyl (C=O) groups excluding carboxylic acids is 1. The molecule has 90 valence electrons. The molecule has 0 amide bonds. The normalized spacial score (nSPS) is 33.4. The Balaban J connectivity index is 2.00. The maximum atomic E-state index is 11.8. The molecule has 2 aliphatic carbocycles. The van der Waals surface area contributed by atoms with Crippen LogP contribution in [-0.2, 0) is 9.53 Å². The van der Waals surface area contributed by atoms with Crippen LogP contribution in [0.5, 0.6) is 0 Å². The van der Waals surface area contributed by atoms with E-state index in [9.17, 15) is 9.90 Å². The third-order valence-electron chi connectivity index (χ3n) is 3.70. The number of fused-ring (bicyclic) bond motifs is 2. The summed E-state index contributed by atoms with van der Waals surface area (Å²) in [4.78, 5) is 11.8. The van der Waals surface area contributed by atoms with Gasteiger partial charge in [-0.2, -0.15) is 0 Å². The maximum absolute atomic E-state index is 11.8. The van der Waals surface area contributed by atoms with Gasteiger partial charge in [0.05, 0.1) is 18.6 Å². The van der Waals surface area contributed by atoms with Crippen molar-refractivity contribution in [3.05, 3.63) is 12.2 Å². The van der Waals surface area contributed by atoms with E-state index < -0.39 is 0 Å². The minimum Gasteiger partial charge on any atom is -0.463 e. The second kappa shape index (κ2) is 4.58. The summed E-state index contributed by atoms with van der Waals surface area (Å²) in [5.74, 6) is 0.815. The molecule has 4 unspecified atom stereocenters. The Morgan fingerprint density at radius 1 is 1.44 bits per heavy atom. The fraction of sp³-hybridized carbons (Fsp3) is 0.769. The number of hydrogen-bond donors (Lipinski definition) is 1. The summed E-state index contributed by atoms with van der Waals surface area (Å²) in [5.41, 5.74) is 0. The van der Waals surface area contributed by atoms with Gasteiger partial charge in [-0.05, 0) is 44.4 Å². The van der Waals surface area contributed by atoms with E-state index in [-0.39, 0.29) is 30.5 Å². The van der Waals surface area contributed by atoms with Gasteiger partial charge in [0.15, 0.2) is 0 Å². The van der Waals surface area contributed by atoms with Crippen LogP contribution in [0.4, 0.5) is 0 Å². The Hall–Kier alpha value is -0.830. The highest BCUT2D eigenvalue weighted by Gasteiger charge is 2.43. The highest BCUT2D eigenvalue weighted by atomic mass is 16.5. The SMILES string of the molecule is CC(C)OC(=O)C(CO)C1CC2C=CC1C2. The van der Waals surface area contributed by atoms with Crippen LogP contribution in [0.25, 0.3) is 0 Å². The van der Waals surface area contributed by atoms with Crippen LogP contribution in [-0.4, -0.2) is 23.8 Å². The second-order valence-electron chi connectivity index (χ2n) is 5.22. The smallest absolute Gasteiger partial charge is 0.311 e. The topological polar surface area (TPSA) is 46.5 Å². The van der Waals surface area contributed by atoms with Crippen molar-refractivity contribution < 1.29 is 14.6 Å². The quantitative estimate of drug-likeness (QED) is 0.584. The fourth-order valence-corrected chi connectivity index (χ4v) is 2.99. The highest BCUT2D eigenvalue weighted by Crippen LogP contribution is 2.46. The minimum absolute atomic E-state index is 0.0900. The van der Waals surface area contributed by atoms with Crippen LogP contribution in [0.3, 0.4) is 0 Å². The van der Waals surface area contributed by atoms with E-state index in [1.807, 2.05) is 13.8 Å². The van der Waals surface area contributed by atoms with Crippen molar-refractivity contribution in [1.29, 1.82) is 0 Å². The van der Waals surface area contributed by atoms with Gasteiger partial charge in [-0.25, -0.2) is 0 Å². The summed E-state index contributed by atoms with van der Waals surface area (Å²) in [5, 5.41) is 9.37. The number of aliphatic hydroxyl groups is 1. The summed E-state index contributed by atoms with van der Waals surface area (Å²) in [7, 11) is 0. The van der Waals surface area contributed by atoms with Crippen LogP contribution in [0.2, 0.25) is 0 Å². The van der Waals surface area contributed by atoms with Crippen LogP contribution >= 0.6 is 0 Å². The Kier molecular flexibility index (Phi) is 3.33. The lowest BCUT2D eigenvalue weighted by atomic mass is 9.82. The standard InChI is InChI=1S/C13H20O3/c1-8(2)16-13(15)12(7-14)11-6-9-3-4-10(11)5-9/h3-4,8-12,14H,5-7H2,1-2H3. The van der Waals surface area contributed by atoms with Gasteiger partial charge < -0.3 is 9.84 Å². The molecule has 4 atom stereocenters. The van der Waals surface area contributed by atoms with E-state index in [0.717, 1.165) is 12.8 Å². The number of esters is 1. The zero-order valence-electron chi connectivity index (χ0n) is 9.93. The lowest BCUT2D eigenvalue weighted by Gasteiger charge is -2.26. The number of ether oxygens (including phenoxy) is 1. The van der Waals surface area contributed by atoms with Gasteiger partial charge >= 0.3 is 5.97 Å². The number of aliphatic hydroxyl groups excluding tert-OH is 1. The lowest BCUT2D eigenvalue weighted by molar-refractivity contribution is -0.156. The molecule has 1 N–H and O–H groups in total. The molecule has 0 aromatic carbocycles. The van der Waals surface area contributed by atoms with Crippen molar-refractivity contribution in [2.45, 2.75) is 32.8 Å². The monoisotopic (exact) mass is 224 g/mol. The van der Waals surface area contributed by atoms with Gasteiger partial charge in [0.25, 0.3) is 0 Å². The highest BCUT2D eigenvalue weighted by molar-refractivity contribution is 5.73. The van der Waals surface area contributed by atoms with Gasteiger partial charge in [-0.1, -0.05) is 12.2 Å². The Labute approximate surface area is 96.5 Å². The first-order valence-corrected chi connectivity index (χ1v) is 6.11. The van der Waals surface area contributed by atoms with Crippen molar-refractivity contribution >= 4 is 5.97 Å². The molecule has 3 heteroatoms. The average molecular weight is 224 g/mol. The summed E-state index contributed by atoms with van der Waals surface area (Å²) in [6.07, 6.45) is 6.51. The molecule has 0 aliphatic heterocycles. The van der Waals surface area contributed by atoms with Gasteiger partial charge in [-0.15, -0.1) is 0 Å². The largest absolute Gasteiger partial charge is 0.463 e. The van der Waals surface area contributed by atoms with Gasteiger partial charge in [0.2, 0.25) is 0 Å². The maximum Gasteiger partial charge on any atom is 0.311 e. The van der Waals surface area contributed by atoms with Gasteiger partial charge in [0, 0.05) is 0 Å². The van der Waals surface area contributed by atoms with Crippen molar-refractivity contribution in [1.82, 2.24) is 0 Å². The lowest BCUT2D eigenvalue weighted by Crippen LogP contribution is -2.32. The summed E-state index contributed by atoms with van der Waals surface area (Å²) in [6, 6.07) is 0. The predicted octanol–water partition coefficient (Wildman–Crippen LogP) is 1.76. The zero-order valence-corrected chi connectivity index (χ0v) is 9.93. The first-order valence-electron chi connectivity index (χ1n) is 6.11. The average Bonchev–Trinajstić information content (AvgIpc) is 2.79. The molecular formula is C13H20O3. The van der Waals surface area contributed by atoms with Crippen LogP contribution in [0, 0.1) is 23.7 Å². The molecular weight excluding hydrogens is 204 g/mol. The summed E-state index contributed by atoms with van der Waals surface area (Å²) < 4.78 is 5.20. The van der Waals surface area contributed by atoms with Crippen molar-refractivity contribution in [2.24, 2.45) is 23.7 Å². The third-order valence-corrected chi connectivity index (χ3v) is 3.70. The van der Waals surface area contributed by atoms with Crippen LogP contribution in [0.1, 0.15) is 26.7 Å². The number of carbonyl (C=O) groups is 1. The zero-order chi connectivity index (χ0) is 11.7. The predicted molar refractivity (Wildman–Crippen MR) is 60.6 cm³/mol. The van der Waals surface area contributed by atoms with Crippen LogP contribution < -0.4 is 0 Å². The second-order valence-corrected chi connectivity index (χ2v) is 5.22. The van der Waals surface area contributed by atoms with Crippen molar-refractivity contribution in [3.63, 3.8) is 0 Å². The Bertz CT molecular complexity index is 296. The van der Waals surface area contributed by atoms with E-state index in [2.05, 4.69) is 12.2 Å². The third kappa shape index (κ3) is 2.14. The fourth-order valence-electron chi connectivity index (χ4n) is 2.99. The minimum atomic E-state index is -0.331. The van der Waals surface area contributed by atoms with Crippen LogP contribution in [0.15, 0.2) is 12.2 Å². The molecule has 0 saturated heterocycles. The molecule has 0 heterocycles. The van der Waals surface area contributed by atoms with Gasteiger partial charge in [0.1, 0.15) is 0 Å². The van der Waals surface area contributed by atoms with E-state index in [0.29, 0.717) is 11.8 Å². The number of allylic oxidation sites excluding steroid dienone is 2. The molecule has 0 aromatic heterocycles. The Morgan fingerprint density at radius 3 is 2.62 bits per heavy atom. The molecule has 3 nitrogen and oxygen atoms in total. The number of rotatable bonds is 4. The molecule has 1 saturated carbocycles.